The number of benzene rings is 2. The van der Waals surface area contributed by atoms with Gasteiger partial charge in [-0.2, -0.15) is 0 Å². The van der Waals surface area contributed by atoms with Crippen molar-refractivity contribution < 1.29 is 9.59 Å². The van der Waals surface area contributed by atoms with E-state index in [1.54, 1.807) is 4.90 Å². The number of nitrogens with zero attached hydrogens (tertiary/aromatic N) is 3. The van der Waals surface area contributed by atoms with Crippen LogP contribution in [0.3, 0.4) is 0 Å². The highest BCUT2D eigenvalue weighted by Gasteiger charge is 2.38. The number of amides is 2. The normalized spacial score (nSPS) is 20.3. The van der Waals surface area contributed by atoms with Gasteiger partial charge in [0.25, 0.3) is 0 Å². The number of hydrogen-bond acceptors (Lipinski definition) is 3. The van der Waals surface area contributed by atoms with Gasteiger partial charge in [0.15, 0.2) is 0 Å². The minimum absolute atomic E-state index is 0.00835. The molecule has 29 heavy (non-hydrogen) atoms. The van der Waals surface area contributed by atoms with Crippen LogP contribution < -0.4 is 4.90 Å². The van der Waals surface area contributed by atoms with E-state index >= 15 is 0 Å². The topological polar surface area (TPSA) is 43.9 Å². The summed E-state index contributed by atoms with van der Waals surface area (Å²) in [6, 6.07) is 16.0. The van der Waals surface area contributed by atoms with E-state index in [1.165, 1.54) is 5.56 Å². The Morgan fingerprint density at radius 3 is 2.48 bits per heavy atom. The van der Waals surface area contributed by atoms with Crippen LogP contribution in [-0.4, -0.2) is 54.3 Å². The summed E-state index contributed by atoms with van der Waals surface area (Å²) in [5.74, 6) is -0.187. The van der Waals surface area contributed by atoms with Crippen molar-refractivity contribution >= 4 is 29.1 Å². The Labute approximate surface area is 176 Å². The van der Waals surface area contributed by atoms with Crippen molar-refractivity contribution in [3.05, 3.63) is 64.7 Å². The minimum Gasteiger partial charge on any atom is -0.340 e. The molecule has 5 nitrogen and oxygen atoms in total. The first kappa shape index (κ1) is 19.9. The van der Waals surface area contributed by atoms with Crippen LogP contribution in [0.1, 0.15) is 17.5 Å². The summed E-state index contributed by atoms with van der Waals surface area (Å²) in [7, 11) is 0. The molecule has 2 aliphatic heterocycles. The molecule has 2 amide bonds. The van der Waals surface area contributed by atoms with Gasteiger partial charge in [0.1, 0.15) is 0 Å². The smallest absolute Gasteiger partial charge is 0.228 e. The molecule has 2 saturated heterocycles. The lowest BCUT2D eigenvalue weighted by Crippen LogP contribution is -2.50. The zero-order valence-electron chi connectivity index (χ0n) is 16.7. The molecule has 152 valence electrons. The molecule has 0 aliphatic carbocycles. The Balaban J connectivity index is 1.33. The summed E-state index contributed by atoms with van der Waals surface area (Å²) in [6.07, 6.45) is 0.272. The molecule has 0 unspecified atom stereocenters. The van der Waals surface area contributed by atoms with Gasteiger partial charge >= 0.3 is 0 Å². The molecule has 0 radical (unpaired) electrons. The fraction of sp³-hybridized carbons (Fsp3) is 0.391. The lowest BCUT2D eigenvalue weighted by molar-refractivity contribution is -0.137. The standard InChI is InChI=1S/C23H26ClN3O2/c1-17-7-8-20(14-21(17)24)27-16-19(13-22(27)28)23(29)26-11-9-25(10-12-26)15-18-5-3-2-4-6-18/h2-8,14,19H,9-13,15-16H2,1H3/t19-/m1/s1. The molecule has 4 rings (SSSR count). The number of hydrogen-bond donors (Lipinski definition) is 0. The highest BCUT2D eigenvalue weighted by molar-refractivity contribution is 6.31. The van der Waals surface area contributed by atoms with E-state index in [2.05, 4.69) is 29.2 Å². The number of anilines is 1. The number of piperazine rings is 1. The molecule has 0 spiro atoms. The van der Waals surface area contributed by atoms with Gasteiger partial charge in [-0.25, -0.2) is 0 Å². The molecule has 2 aromatic carbocycles. The maximum absolute atomic E-state index is 13.0. The van der Waals surface area contributed by atoms with Gasteiger partial charge in [0.2, 0.25) is 11.8 Å². The number of halogens is 1. The van der Waals surface area contributed by atoms with E-state index < -0.39 is 0 Å². The van der Waals surface area contributed by atoms with Gasteiger partial charge in [-0.05, 0) is 30.2 Å². The zero-order chi connectivity index (χ0) is 20.4. The van der Waals surface area contributed by atoms with Crippen molar-refractivity contribution in [3.8, 4) is 0 Å². The molecule has 0 saturated carbocycles. The van der Waals surface area contributed by atoms with Crippen molar-refractivity contribution in [2.24, 2.45) is 5.92 Å². The fourth-order valence-corrected chi connectivity index (χ4v) is 4.27. The second-order valence-corrected chi connectivity index (χ2v) is 8.33. The first-order chi connectivity index (χ1) is 14.0. The molecule has 0 N–H and O–H groups in total. The van der Waals surface area contributed by atoms with Crippen LogP contribution >= 0.6 is 11.6 Å². The highest BCUT2D eigenvalue weighted by atomic mass is 35.5. The van der Waals surface area contributed by atoms with Gasteiger partial charge < -0.3 is 9.80 Å². The Morgan fingerprint density at radius 1 is 1.07 bits per heavy atom. The van der Waals surface area contributed by atoms with Crippen LogP contribution in [0.2, 0.25) is 5.02 Å². The van der Waals surface area contributed by atoms with Crippen LogP contribution in [-0.2, 0) is 16.1 Å². The van der Waals surface area contributed by atoms with Crippen LogP contribution in [0.5, 0.6) is 0 Å². The summed E-state index contributed by atoms with van der Waals surface area (Å²) >= 11 is 6.21. The SMILES string of the molecule is Cc1ccc(N2C[C@H](C(=O)N3CCN(Cc4ccccc4)CC3)CC2=O)cc1Cl. The summed E-state index contributed by atoms with van der Waals surface area (Å²) in [5.41, 5.74) is 3.04. The summed E-state index contributed by atoms with van der Waals surface area (Å²) in [5, 5.41) is 0.639. The molecule has 0 aromatic heterocycles. The molecule has 2 aromatic rings. The average molecular weight is 412 g/mol. The van der Waals surface area contributed by atoms with Crippen molar-refractivity contribution in [2.75, 3.05) is 37.6 Å². The molecule has 2 heterocycles. The maximum atomic E-state index is 13.0. The predicted molar refractivity (Wildman–Crippen MR) is 115 cm³/mol. The van der Waals surface area contributed by atoms with Gasteiger partial charge in [0, 0.05) is 56.4 Å². The molecule has 0 bridgehead atoms. The first-order valence-corrected chi connectivity index (χ1v) is 10.5. The van der Waals surface area contributed by atoms with E-state index in [0.717, 1.165) is 30.9 Å². The third-order valence-corrected chi connectivity index (χ3v) is 6.28. The van der Waals surface area contributed by atoms with Crippen LogP contribution in [0.15, 0.2) is 48.5 Å². The van der Waals surface area contributed by atoms with Gasteiger partial charge in [-0.1, -0.05) is 48.0 Å². The molecular weight excluding hydrogens is 386 g/mol. The van der Waals surface area contributed by atoms with Gasteiger partial charge in [0.05, 0.1) is 5.92 Å². The van der Waals surface area contributed by atoms with E-state index in [-0.39, 0.29) is 24.2 Å². The Hall–Kier alpha value is -2.37. The maximum Gasteiger partial charge on any atom is 0.228 e. The van der Waals surface area contributed by atoms with E-state index in [0.29, 0.717) is 24.7 Å². The number of carbonyl (C=O) groups excluding carboxylic acids is 2. The molecular formula is C23H26ClN3O2. The highest BCUT2D eigenvalue weighted by Crippen LogP contribution is 2.29. The number of rotatable bonds is 4. The van der Waals surface area contributed by atoms with E-state index in [1.807, 2.05) is 36.1 Å². The second kappa shape index (κ2) is 8.56. The van der Waals surface area contributed by atoms with Gasteiger partial charge in [-0.15, -0.1) is 0 Å². The number of aryl methyl sites for hydroxylation is 1. The number of carbonyl (C=O) groups is 2. The third kappa shape index (κ3) is 4.46. The van der Waals surface area contributed by atoms with Crippen molar-refractivity contribution in [2.45, 2.75) is 19.9 Å². The van der Waals surface area contributed by atoms with Crippen LogP contribution in [0, 0.1) is 12.8 Å². The van der Waals surface area contributed by atoms with E-state index in [9.17, 15) is 9.59 Å². The van der Waals surface area contributed by atoms with Crippen molar-refractivity contribution in [1.82, 2.24) is 9.80 Å². The quantitative estimate of drug-likeness (QED) is 0.775. The average Bonchev–Trinajstić information content (AvgIpc) is 3.12. The fourth-order valence-electron chi connectivity index (χ4n) is 4.10. The minimum atomic E-state index is -0.275. The molecule has 1 atom stereocenters. The van der Waals surface area contributed by atoms with E-state index in [4.69, 9.17) is 11.6 Å². The summed E-state index contributed by atoms with van der Waals surface area (Å²) in [4.78, 5) is 31.5. The van der Waals surface area contributed by atoms with Gasteiger partial charge in [-0.3, -0.25) is 14.5 Å². The second-order valence-electron chi connectivity index (χ2n) is 7.93. The zero-order valence-corrected chi connectivity index (χ0v) is 17.4. The monoisotopic (exact) mass is 411 g/mol. The largest absolute Gasteiger partial charge is 0.340 e. The molecule has 2 aliphatic rings. The summed E-state index contributed by atoms with van der Waals surface area (Å²) in [6.45, 7) is 6.42. The van der Waals surface area contributed by atoms with Crippen molar-refractivity contribution in [3.63, 3.8) is 0 Å². The summed E-state index contributed by atoms with van der Waals surface area (Å²) < 4.78 is 0. The third-order valence-electron chi connectivity index (χ3n) is 5.87. The Kier molecular flexibility index (Phi) is 5.88. The lowest BCUT2D eigenvalue weighted by atomic mass is 10.1. The Morgan fingerprint density at radius 2 is 1.79 bits per heavy atom. The van der Waals surface area contributed by atoms with Crippen LogP contribution in [0.25, 0.3) is 0 Å². The molecule has 6 heteroatoms. The van der Waals surface area contributed by atoms with Crippen LogP contribution in [0.4, 0.5) is 5.69 Å². The predicted octanol–water partition coefficient (Wildman–Crippen LogP) is 3.35. The Bertz CT molecular complexity index is 894. The first-order valence-electron chi connectivity index (χ1n) is 10.1. The van der Waals surface area contributed by atoms with Crippen molar-refractivity contribution in [1.29, 1.82) is 0 Å². The lowest BCUT2D eigenvalue weighted by Gasteiger charge is -2.36. The molecule has 2 fully saturated rings.